The highest BCUT2D eigenvalue weighted by Crippen LogP contribution is 2.26. The van der Waals surface area contributed by atoms with Gasteiger partial charge in [-0.25, -0.2) is 4.98 Å². The number of ether oxygens (including phenoxy) is 6. The number of benzene rings is 3. The molecule has 0 bridgehead atoms. The van der Waals surface area contributed by atoms with E-state index >= 15 is 0 Å². The molecule has 2 amide bonds. The number of amides is 2. The van der Waals surface area contributed by atoms with Crippen LogP contribution < -0.4 is 15.4 Å². The van der Waals surface area contributed by atoms with Crippen molar-refractivity contribution in [1.82, 2.24) is 15.6 Å². The summed E-state index contributed by atoms with van der Waals surface area (Å²) in [6.07, 6.45) is 1.93. The van der Waals surface area contributed by atoms with Gasteiger partial charge >= 0.3 is 0 Å². The van der Waals surface area contributed by atoms with Crippen molar-refractivity contribution in [3.05, 3.63) is 119 Å². The molecule has 0 spiro atoms. The summed E-state index contributed by atoms with van der Waals surface area (Å²) in [5, 5.41) is 5.70. The van der Waals surface area contributed by atoms with Gasteiger partial charge in [-0.05, 0) is 46.9 Å². The average Bonchev–Trinajstić information content (AvgIpc) is 3.16. The number of carbonyl (C=O) groups excluding carboxylic acids is 2. The number of hydrogen-bond acceptors (Lipinski definition) is 10. The third-order valence-electron chi connectivity index (χ3n) is 7.71. The van der Waals surface area contributed by atoms with Crippen LogP contribution in [0.3, 0.4) is 0 Å². The first-order chi connectivity index (χ1) is 25.1. The molecule has 11 nitrogen and oxygen atoms in total. The summed E-state index contributed by atoms with van der Waals surface area (Å²) in [7, 11) is 0. The summed E-state index contributed by atoms with van der Waals surface area (Å²) >= 11 is 0. The van der Waals surface area contributed by atoms with Gasteiger partial charge in [0.05, 0.1) is 72.5 Å². The van der Waals surface area contributed by atoms with E-state index in [-0.39, 0.29) is 18.9 Å². The Balaban J connectivity index is 0.897. The van der Waals surface area contributed by atoms with Crippen molar-refractivity contribution in [2.45, 2.75) is 26.5 Å². The number of aromatic nitrogens is 1. The molecule has 0 aliphatic rings. The molecule has 0 atom stereocenters. The summed E-state index contributed by atoms with van der Waals surface area (Å²) in [5.41, 5.74) is 6.28. The molecular formula is C40H49N3O8. The zero-order valence-electron chi connectivity index (χ0n) is 29.4. The smallest absolute Gasteiger partial charge is 0.257 e. The molecule has 272 valence electrons. The SMILES string of the molecule is Cc1c(COc2ccc(CNCCOCCOCCOCCOCCOCCC(=O)NC(=O)c3ccccc3)cn2)cccc1-c1ccccc1. The summed E-state index contributed by atoms with van der Waals surface area (Å²) in [5.74, 6) is -0.197. The van der Waals surface area contributed by atoms with Crippen LogP contribution in [-0.4, -0.2) is 89.4 Å². The van der Waals surface area contributed by atoms with E-state index in [1.807, 2.05) is 24.4 Å². The number of pyridine rings is 1. The van der Waals surface area contributed by atoms with Crippen LogP contribution in [0.4, 0.5) is 0 Å². The second-order valence-corrected chi connectivity index (χ2v) is 11.5. The maximum atomic E-state index is 11.9. The predicted molar refractivity (Wildman–Crippen MR) is 195 cm³/mol. The third-order valence-corrected chi connectivity index (χ3v) is 7.71. The van der Waals surface area contributed by atoms with Crippen LogP contribution in [0.1, 0.15) is 33.5 Å². The van der Waals surface area contributed by atoms with Gasteiger partial charge < -0.3 is 33.7 Å². The normalized spacial score (nSPS) is 11.0. The Hall–Kier alpha value is -4.49. The molecule has 1 aromatic heterocycles. The van der Waals surface area contributed by atoms with Gasteiger partial charge in [0.2, 0.25) is 11.8 Å². The van der Waals surface area contributed by atoms with Crippen LogP contribution in [0.15, 0.2) is 97.2 Å². The monoisotopic (exact) mass is 699 g/mol. The number of rotatable bonds is 25. The van der Waals surface area contributed by atoms with Gasteiger partial charge in [-0.1, -0.05) is 72.8 Å². The fourth-order valence-corrected chi connectivity index (χ4v) is 4.90. The summed E-state index contributed by atoms with van der Waals surface area (Å²) in [6.45, 7) is 8.37. The number of imide groups is 1. The number of carbonyl (C=O) groups is 2. The summed E-state index contributed by atoms with van der Waals surface area (Å²) < 4.78 is 33.5. The molecule has 4 rings (SSSR count). The lowest BCUT2D eigenvalue weighted by Crippen LogP contribution is -2.31. The Morgan fingerprint density at radius 2 is 1.25 bits per heavy atom. The molecule has 0 radical (unpaired) electrons. The quantitative estimate of drug-likeness (QED) is 0.0897. The molecule has 0 saturated heterocycles. The van der Waals surface area contributed by atoms with Gasteiger partial charge in [0, 0.05) is 30.9 Å². The maximum absolute atomic E-state index is 11.9. The van der Waals surface area contributed by atoms with Gasteiger partial charge in [-0.15, -0.1) is 0 Å². The topological polar surface area (TPSA) is 126 Å². The van der Waals surface area contributed by atoms with Crippen LogP contribution in [0.25, 0.3) is 11.1 Å². The molecule has 11 heteroatoms. The molecular weight excluding hydrogens is 650 g/mol. The average molecular weight is 700 g/mol. The fraction of sp³-hybridized carbons (Fsp3) is 0.375. The Morgan fingerprint density at radius 1 is 0.647 bits per heavy atom. The van der Waals surface area contributed by atoms with Gasteiger partial charge in [-0.3, -0.25) is 14.9 Å². The Kier molecular flexibility index (Phi) is 18.4. The largest absolute Gasteiger partial charge is 0.473 e. The number of nitrogens with zero attached hydrogens (tertiary/aromatic N) is 1. The Morgan fingerprint density at radius 3 is 1.88 bits per heavy atom. The lowest BCUT2D eigenvalue weighted by molar-refractivity contribution is -0.121. The van der Waals surface area contributed by atoms with E-state index < -0.39 is 5.91 Å². The first-order valence-electron chi connectivity index (χ1n) is 17.3. The third kappa shape index (κ3) is 15.5. The van der Waals surface area contributed by atoms with Crippen molar-refractivity contribution in [1.29, 1.82) is 0 Å². The number of nitrogens with one attached hydrogen (secondary N) is 2. The van der Waals surface area contributed by atoms with Crippen molar-refractivity contribution in [3.63, 3.8) is 0 Å². The highest BCUT2D eigenvalue weighted by molar-refractivity contribution is 6.04. The summed E-state index contributed by atoms with van der Waals surface area (Å²) in [4.78, 5) is 28.3. The van der Waals surface area contributed by atoms with E-state index in [0.29, 0.717) is 90.6 Å². The second-order valence-electron chi connectivity index (χ2n) is 11.5. The lowest BCUT2D eigenvalue weighted by atomic mass is 9.97. The van der Waals surface area contributed by atoms with Gasteiger partial charge in [0.25, 0.3) is 5.91 Å². The Labute approximate surface area is 300 Å². The van der Waals surface area contributed by atoms with Crippen LogP contribution >= 0.6 is 0 Å². The van der Waals surface area contributed by atoms with Crippen molar-refractivity contribution in [3.8, 4) is 17.0 Å². The van der Waals surface area contributed by atoms with Gasteiger partial charge in [-0.2, -0.15) is 0 Å². The molecule has 0 aliphatic heterocycles. The molecule has 3 aromatic carbocycles. The van der Waals surface area contributed by atoms with Crippen molar-refractivity contribution in [2.24, 2.45) is 0 Å². The van der Waals surface area contributed by atoms with Crippen LogP contribution in [0.2, 0.25) is 0 Å². The molecule has 2 N–H and O–H groups in total. The van der Waals surface area contributed by atoms with E-state index in [9.17, 15) is 9.59 Å². The fourth-order valence-electron chi connectivity index (χ4n) is 4.90. The van der Waals surface area contributed by atoms with E-state index in [4.69, 9.17) is 28.4 Å². The van der Waals surface area contributed by atoms with Crippen molar-refractivity contribution < 1.29 is 38.0 Å². The standard InChI is InChI=1S/C40H49N3O8/c1-32-36(13-8-14-37(32)34-9-4-2-5-10-34)31-51-39-16-15-33(30-42-39)29-41-18-20-47-22-24-49-26-28-50-27-25-48-23-21-46-19-17-38(44)43-40(45)35-11-6-3-7-12-35/h2-16,30,41H,17-29,31H2,1H3,(H,43,44,45). The Bertz CT molecular complexity index is 1560. The zero-order valence-corrected chi connectivity index (χ0v) is 29.4. The van der Waals surface area contributed by atoms with E-state index in [1.54, 1.807) is 30.3 Å². The van der Waals surface area contributed by atoms with Crippen LogP contribution in [-0.2, 0) is 41.6 Å². The van der Waals surface area contributed by atoms with E-state index in [1.165, 1.54) is 16.7 Å². The summed E-state index contributed by atoms with van der Waals surface area (Å²) in [6, 6.07) is 29.2. The zero-order chi connectivity index (χ0) is 35.8. The van der Waals surface area contributed by atoms with Crippen molar-refractivity contribution >= 4 is 11.8 Å². The first-order valence-corrected chi connectivity index (χ1v) is 17.3. The van der Waals surface area contributed by atoms with Crippen molar-refractivity contribution in [2.75, 3.05) is 72.6 Å². The first kappa shape index (κ1) is 39.3. The molecule has 4 aromatic rings. The molecule has 1 heterocycles. The minimum atomic E-state index is -0.418. The molecule has 0 unspecified atom stereocenters. The second kappa shape index (κ2) is 23.8. The molecule has 0 aliphatic carbocycles. The number of hydrogen-bond donors (Lipinski definition) is 2. The van der Waals surface area contributed by atoms with Gasteiger partial charge in [0.1, 0.15) is 6.61 Å². The van der Waals surface area contributed by atoms with Crippen LogP contribution in [0.5, 0.6) is 5.88 Å². The molecule has 51 heavy (non-hydrogen) atoms. The van der Waals surface area contributed by atoms with E-state index in [0.717, 1.165) is 11.1 Å². The van der Waals surface area contributed by atoms with E-state index in [2.05, 4.69) is 65.0 Å². The minimum Gasteiger partial charge on any atom is -0.473 e. The molecule has 0 fully saturated rings. The highest BCUT2D eigenvalue weighted by Gasteiger charge is 2.10. The van der Waals surface area contributed by atoms with Gasteiger partial charge in [0.15, 0.2) is 0 Å². The predicted octanol–water partition coefficient (Wildman–Crippen LogP) is 5.16. The highest BCUT2D eigenvalue weighted by atomic mass is 16.6. The minimum absolute atomic E-state index is 0.0980. The molecule has 0 saturated carbocycles. The maximum Gasteiger partial charge on any atom is 0.257 e. The lowest BCUT2D eigenvalue weighted by Gasteiger charge is -2.13. The van der Waals surface area contributed by atoms with Crippen LogP contribution in [0, 0.1) is 6.92 Å².